The van der Waals surface area contributed by atoms with Crippen molar-refractivity contribution in [2.45, 2.75) is 64.7 Å². The zero-order valence-corrected chi connectivity index (χ0v) is 19.7. The van der Waals surface area contributed by atoms with Crippen LogP contribution in [-0.4, -0.2) is 37.0 Å². The lowest BCUT2D eigenvalue weighted by atomic mass is 9.77. The number of nitrogens with zero attached hydrogens (tertiary/aromatic N) is 3. The van der Waals surface area contributed by atoms with Crippen molar-refractivity contribution in [3.63, 3.8) is 0 Å². The predicted molar refractivity (Wildman–Crippen MR) is 130 cm³/mol. The van der Waals surface area contributed by atoms with Gasteiger partial charge in [0.05, 0.1) is 0 Å². The summed E-state index contributed by atoms with van der Waals surface area (Å²) in [6, 6.07) is 11.1. The standard InChI is InChI=1S/C27H32N4O3/c1-2-3-4-7-18-8-5-9-21(16-18)25(32)26-29-23(30-31-26)17-19-11-13-20(14-12-19)22-10-6-15-28-24(22)27(33)34/h6,10-15,18,21H,2-5,7-9,16-17H2,1H3,(H,33,34)(H,29,30,31). The van der Waals surface area contributed by atoms with Crippen LogP contribution in [0.1, 0.15) is 90.8 Å². The number of carboxylic acids is 1. The van der Waals surface area contributed by atoms with E-state index in [1.165, 1.54) is 38.3 Å². The average Bonchev–Trinajstić information content (AvgIpc) is 3.33. The number of aromatic carboxylic acids is 1. The first-order valence-electron chi connectivity index (χ1n) is 12.3. The molecule has 3 aromatic rings. The number of aromatic amines is 1. The number of unbranched alkanes of at least 4 members (excludes halogenated alkanes) is 2. The van der Waals surface area contributed by atoms with Crippen LogP contribution in [0.3, 0.4) is 0 Å². The van der Waals surface area contributed by atoms with Crippen LogP contribution in [0.2, 0.25) is 0 Å². The second-order valence-electron chi connectivity index (χ2n) is 9.27. The first-order chi connectivity index (χ1) is 16.5. The largest absolute Gasteiger partial charge is 0.476 e. The zero-order valence-electron chi connectivity index (χ0n) is 19.7. The van der Waals surface area contributed by atoms with Gasteiger partial charge in [-0.2, -0.15) is 5.10 Å². The summed E-state index contributed by atoms with van der Waals surface area (Å²) in [6.07, 6.45) is 11.2. The van der Waals surface area contributed by atoms with Crippen molar-refractivity contribution >= 4 is 11.8 Å². The van der Waals surface area contributed by atoms with E-state index in [0.29, 0.717) is 29.6 Å². The van der Waals surface area contributed by atoms with Crippen LogP contribution in [-0.2, 0) is 6.42 Å². The van der Waals surface area contributed by atoms with Gasteiger partial charge < -0.3 is 5.11 Å². The fourth-order valence-corrected chi connectivity index (χ4v) is 4.95. The molecule has 0 spiro atoms. The maximum absolute atomic E-state index is 13.0. The van der Waals surface area contributed by atoms with Gasteiger partial charge in [0.2, 0.25) is 11.6 Å². The lowest BCUT2D eigenvalue weighted by Crippen LogP contribution is -2.24. The highest BCUT2D eigenvalue weighted by Crippen LogP contribution is 2.34. The molecular formula is C27H32N4O3. The summed E-state index contributed by atoms with van der Waals surface area (Å²) in [5.41, 5.74) is 2.39. The average molecular weight is 461 g/mol. The van der Waals surface area contributed by atoms with E-state index in [1.807, 2.05) is 24.3 Å². The summed E-state index contributed by atoms with van der Waals surface area (Å²) >= 11 is 0. The molecule has 1 fully saturated rings. The molecule has 0 radical (unpaired) electrons. The molecular weight excluding hydrogens is 428 g/mol. The first kappa shape index (κ1) is 23.8. The van der Waals surface area contributed by atoms with Crippen LogP contribution in [0.25, 0.3) is 11.1 Å². The monoisotopic (exact) mass is 460 g/mol. The molecule has 2 aromatic heterocycles. The summed E-state index contributed by atoms with van der Waals surface area (Å²) in [6.45, 7) is 2.22. The first-order valence-corrected chi connectivity index (χ1v) is 12.3. The van der Waals surface area contributed by atoms with Crippen LogP contribution >= 0.6 is 0 Å². The van der Waals surface area contributed by atoms with Gasteiger partial charge in [-0.05, 0) is 36.0 Å². The summed E-state index contributed by atoms with van der Waals surface area (Å²) < 4.78 is 0. The van der Waals surface area contributed by atoms with Crippen molar-refractivity contribution in [3.8, 4) is 11.1 Å². The molecule has 2 atom stereocenters. The van der Waals surface area contributed by atoms with Gasteiger partial charge in [-0.25, -0.2) is 14.8 Å². The molecule has 1 aromatic carbocycles. The normalized spacial score (nSPS) is 18.0. The Bertz CT molecular complexity index is 1120. The maximum Gasteiger partial charge on any atom is 0.355 e. The highest BCUT2D eigenvalue weighted by Gasteiger charge is 2.29. The minimum atomic E-state index is -1.05. The van der Waals surface area contributed by atoms with E-state index in [0.717, 1.165) is 30.4 Å². The van der Waals surface area contributed by atoms with Crippen molar-refractivity contribution in [1.29, 1.82) is 0 Å². The molecule has 7 nitrogen and oxygen atoms in total. The molecule has 0 aliphatic heterocycles. The Morgan fingerprint density at radius 1 is 1.12 bits per heavy atom. The van der Waals surface area contributed by atoms with Crippen LogP contribution in [0.15, 0.2) is 42.6 Å². The van der Waals surface area contributed by atoms with E-state index in [4.69, 9.17) is 0 Å². The number of hydrogen-bond acceptors (Lipinski definition) is 5. The van der Waals surface area contributed by atoms with Crippen molar-refractivity contribution < 1.29 is 14.7 Å². The Morgan fingerprint density at radius 3 is 2.71 bits per heavy atom. The molecule has 0 saturated heterocycles. The number of carboxylic acid groups (broad SMARTS) is 1. The second kappa shape index (κ2) is 11.2. The minimum absolute atomic E-state index is 0.0314. The number of pyridine rings is 1. The van der Waals surface area contributed by atoms with Gasteiger partial charge in [-0.1, -0.05) is 75.8 Å². The molecule has 1 aliphatic rings. The fourth-order valence-electron chi connectivity index (χ4n) is 4.95. The third-order valence-corrected chi connectivity index (χ3v) is 6.77. The Balaban J connectivity index is 1.38. The van der Waals surface area contributed by atoms with Gasteiger partial charge in [0.15, 0.2) is 5.69 Å². The third kappa shape index (κ3) is 5.76. The van der Waals surface area contributed by atoms with Gasteiger partial charge in [0, 0.05) is 24.1 Å². The molecule has 1 saturated carbocycles. The summed E-state index contributed by atoms with van der Waals surface area (Å²) in [5.74, 6) is 0.643. The number of nitrogens with one attached hydrogen (secondary N) is 1. The molecule has 0 amide bonds. The van der Waals surface area contributed by atoms with Crippen molar-refractivity contribution in [2.24, 2.45) is 11.8 Å². The second-order valence-corrected chi connectivity index (χ2v) is 9.27. The van der Waals surface area contributed by atoms with Gasteiger partial charge in [0.1, 0.15) is 5.82 Å². The van der Waals surface area contributed by atoms with E-state index in [1.54, 1.807) is 12.1 Å². The van der Waals surface area contributed by atoms with E-state index in [9.17, 15) is 14.7 Å². The number of rotatable bonds is 10. The number of aromatic nitrogens is 4. The lowest BCUT2D eigenvalue weighted by Gasteiger charge is -2.27. The number of H-pyrrole nitrogens is 1. The van der Waals surface area contributed by atoms with Crippen LogP contribution in [0, 0.1) is 11.8 Å². The van der Waals surface area contributed by atoms with Crippen LogP contribution in [0.5, 0.6) is 0 Å². The molecule has 4 rings (SSSR count). The van der Waals surface area contributed by atoms with Gasteiger partial charge in [-0.3, -0.25) is 9.89 Å². The van der Waals surface area contributed by atoms with Crippen LogP contribution < -0.4 is 0 Å². The summed E-state index contributed by atoms with van der Waals surface area (Å²) in [4.78, 5) is 32.9. The van der Waals surface area contributed by atoms with Crippen molar-refractivity contribution in [2.75, 3.05) is 0 Å². The maximum atomic E-state index is 13.0. The Morgan fingerprint density at radius 2 is 1.94 bits per heavy atom. The Kier molecular flexibility index (Phi) is 7.83. The zero-order chi connectivity index (χ0) is 23.9. The highest BCUT2D eigenvalue weighted by molar-refractivity contribution is 5.94. The SMILES string of the molecule is CCCCCC1CCCC(C(=O)c2n[nH]c(Cc3ccc(-c4cccnc4C(=O)O)cc3)n2)C1. The Hall–Kier alpha value is -3.35. The minimum Gasteiger partial charge on any atom is -0.476 e. The number of carbonyl (C=O) groups is 2. The molecule has 34 heavy (non-hydrogen) atoms. The number of benzene rings is 1. The van der Waals surface area contributed by atoms with E-state index >= 15 is 0 Å². The van der Waals surface area contributed by atoms with Crippen molar-refractivity contribution in [3.05, 3.63) is 65.5 Å². The van der Waals surface area contributed by atoms with E-state index < -0.39 is 5.97 Å². The Labute approximate surface area is 200 Å². The molecule has 2 N–H and O–H groups in total. The van der Waals surface area contributed by atoms with Gasteiger partial charge in [0.25, 0.3) is 0 Å². The molecule has 178 valence electrons. The number of carbonyl (C=O) groups excluding carboxylic acids is 1. The van der Waals surface area contributed by atoms with Crippen LogP contribution in [0.4, 0.5) is 0 Å². The summed E-state index contributed by atoms with van der Waals surface area (Å²) in [5, 5.41) is 16.5. The predicted octanol–water partition coefficient (Wildman–Crippen LogP) is 5.73. The molecule has 1 aliphatic carbocycles. The third-order valence-electron chi connectivity index (χ3n) is 6.77. The molecule has 2 unspecified atom stereocenters. The highest BCUT2D eigenvalue weighted by atomic mass is 16.4. The molecule has 2 heterocycles. The molecule has 0 bridgehead atoms. The van der Waals surface area contributed by atoms with Crippen molar-refractivity contribution in [1.82, 2.24) is 20.2 Å². The molecule has 7 heteroatoms. The number of hydrogen-bond donors (Lipinski definition) is 2. The number of Topliss-reactive ketones (excluding diaryl/α,β-unsaturated/α-hetero) is 1. The van der Waals surface area contributed by atoms with E-state index in [2.05, 4.69) is 27.1 Å². The lowest BCUT2D eigenvalue weighted by molar-refractivity contribution is 0.0691. The quantitative estimate of drug-likeness (QED) is 0.296. The van der Waals surface area contributed by atoms with Gasteiger partial charge in [-0.15, -0.1) is 0 Å². The fraction of sp³-hybridized carbons (Fsp3) is 0.444. The van der Waals surface area contributed by atoms with E-state index in [-0.39, 0.29) is 17.4 Å². The van der Waals surface area contributed by atoms with Gasteiger partial charge >= 0.3 is 5.97 Å². The smallest absolute Gasteiger partial charge is 0.355 e. The number of ketones is 1. The summed E-state index contributed by atoms with van der Waals surface area (Å²) in [7, 11) is 0. The topological polar surface area (TPSA) is 109 Å².